The summed E-state index contributed by atoms with van der Waals surface area (Å²) in [6.07, 6.45) is 0.974. The van der Waals surface area contributed by atoms with Crippen LogP contribution in [0.3, 0.4) is 0 Å². The van der Waals surface area contributed by atoms with Crippen molar-refractivity contribution in [3.05, 3.63) is 35.4 Å². The predicted octanol–water partition coefficient (Wildman–Crippen LogP) is 2.99. The molecule has 1 N–H and O–H groups in total. The Morgan fingerprint density at radius 2 is 1.89 bits per heavy atom. The Hall–Kier alpha value is -1.35. The number of esters is 1. The zero-order valence-electron chi connectivity index (χ0n) is 11.7. The average molecular weight is 249 g/mol. The third-order valence-corrected chi connectivity index (χ3v) is 3.00. The van der Waals surface area contributed by atoms with E-state index in [2.05, 4.69) is 19.2 Å². The molecule has 0 spiro atoms. The first-order chi connectivity index (χ1) is 8.58. The number of nitrogens with one attached hydrogen (secondary N) is 1. The Morgan fingerprint density at radius 3 is 2.39 bits per heavy atom. The van der Waals surface area contributed by atoms with E-state index in [0.29, 0.717) is 6.61 Å². The fourth-order valence-electron chi connectivity index (χ4n) is 1.69. The lowest BCUT2D eigenvalue weighted by molar-refractivity contribution is -0.146. The molecule has 0 amide bonds. The molecule has 2 atom stereocenters. The highest BCUT2D eigenvalue weighted by molar-refractivity contribution is 5.77. The van der Waals surface area contributed by atoms with E-state index in [1.54, 1.807) is 0 Å². The Balaban J connectivity index is 2.88. The number of hydrogen-bond acceptors (Lipinski definition) is 3. The minimum absolute atomic E-state index is 0.207. The first-order valence-corrected chi connectivity index (χ1v) is 6.57. The van der Waals surface area contributed by atoms with Crippen molar-refractivity contribution in [1.82, 2.24) is 5.32 Å². The molecule has 18 heavy (non-hydrogen) atoms. The van der Waals surface area contributed by atoms with E-state index in [1.807, 2.05) is 38.1 Å². The van der Waals surface area contributed by atoms with Crippen molar-refractivity contribution in [2.75, 3.05) is 6.61 Å². The normalized spacial score (nSPS) is 14.0. The fraction of sp³-hybridized carbons (Fsp3) is 0.533. The molecular weight excluding hydrogens is 226 g/mol. The maximum Gasteiger partial charge on any atom is 0.327 e. The van der Waals surface area contributed by atoms with Crippen molar-refractivity contribution in [3.8, 4) is 0 Å². The van der Waals surface area contributed by atoms with Crippen LogP contribution in [0.4, 0.5) is 0 Å². The highest BCUT2D eigenvalue weighted by atomic mass is 16.5. The van der Waals surface area contributed by atoms with E-state index >= 15 is 0 Å². The number of aryl methyl sites for hydroxylation is 1. The second kappa shape index (κ2) is 7.17. The van der Waals surface area contributed by atoms with Gasteiger partial charge >= 0.3 is 5.97 Å². The van der Waals surface area contributed by atoms with Gasteiger partial charge in [-0.05, 0) is 32.8 Å². The van der Waals surface area contributed by atoms with Gasteiger partial charge in [-0.25, -0.2) is 4.79 Å². The summed E-state index contributed by atoms with van der Waals surface area (Å²) in [5.41, 5.74) is 2.14. The van der Waals surface area contributed by atoms with Gasteiger partial charge in [0.25, 0.3) is 0 Å². The molecule has 3 nitrogen and oxygen atoms in total. The minimum Gasteiger partial charge on any atom is -0.465 e. The Labute approximate surface area is 110 Å². The fourth-order valence-corrected chi connectivity index (χ4v) is 1.69. The summed E-state index contributed by atoms with van der Waals surface area (Å²) in [6, 6.07) is 7.89. The first kappa shape index (κ1) is 14.7. The van der Waals surface area contributed by atoms with Crippen LogP contribution in [-0.2, 0) is 9.53 Å². The monoisotopic (exact) mass is 249 g/mol. The van der Waals surface area contributed by atoms with Crippen LogP contribution in [0.2, 0.25) is 0 Å². The summed E-state index contributed by atoms with van der Waals surface area (Å²) in [7, 11) is 0. The number of benzene rings is 1. The van der Waals surface area contributed by atoms with Crippen LogP contribution < -0.4 is 5.32 Å². The Morgan fingerprint density at radius 1 is 1.28 bits per heavy atom. The lowest BCUT2D eigenvalue weighted by atomic mass is 10.0. The number of carbonyl (C=O) groups is 1. The lowest BCUT2D eigenvalue weighted by Crippen LogP contribution is -2.36. The molecule has 0 bridgehead atoms. The molecule has 0 radical (unpaired) electrons. The second-order valence-corrected chi connectivity index (χ2v) is 4.57. The van der Waals surface area contributed by atoms with Crippen LogP contribution in [-0.4, -0.2) is 18.6 Å². The van der Waals surface area contributed by atoms with Crippen LogP contribution >= 0.6 is 0 Å². The van der Waals surface area contributed by atoms with Gasteiger partial charge in [0.15, 0.2) is 0 Å². The van der Waals surface area contributed by atoms with Gasteiger partial charge in [0.1, 0.15) is 6.04 Å². The zero-order chi connectivity index (χ0) is 13.5. The smallest absolute Gasteiger partial charge is 0.327 e. The largest absolute Gasteiger partial charge is 0.465 e. The van der Waals surface area contributed by atoms with Crippen molar-refractivity contribution in [2.24, 2.45) is 0 Å². The van der Waals surface area contributed by atoms with Crippen molar-refractivity contribution >= 4 is 5.97 Å². The Bertz CT molecular complexity index is 373. The third-order valence-electron chi connectivity index (χ3n) is 3.00. The standard InChI is InChI=1S/C15H23NO2/c1-5-12(4)16-14(15(17)18-6-2)13-9-7-11(3)8-10-13/h7-10,12,14,16H,5-6H2,1-4H3. The van der Waals surface area contributed by atoms with Gasteiger partial charge in [0, 0.05) is 6.04 Å². The minimum atomic E-state index is -0.375. The average Bonchev–Trinajstić information content (AvgIpc) is 2.37. The molecule has 0 aliphatic heterocycles. The molecule has 0 saturated carbocycles. The van der Waals surface area contributed by atoms with E-state index < -0.39 is 0 Å². The van der Waals surface area contributed by atoms with Crippen LogP contribution in [0.1, 0.15) is 44.4 Å². The summed E-state index contributed by atoms with van der Waals surface area (Å²) in [6.45, 7) is 8.43. The first-order valence-electron chi connectivity index (χ1n) is 6.57. The molecule has 1 rings (SSSR count). The van der Waals surface area contributed by atoms with Gasteiger partial charge in [0.2, 0.25) is 0 Å². The molecule has 2 unspecified atom stereocenters. The van der Waals surface area contributed by atoms with Crippen molar-refractivity contribution in [3.63, 3.8) is 0 Å². The van der Waals surface area contributed by atoms with Gasteiger partial charge < -0.3 is 4.74 Å². The SMILES string of the molecule is CCOC(=O)C(NC(C)CC)c1ccc(C)cc1. The molecule has 0 aliphatic carbocycles. The summed E-state index contributed by atoms with van der Waals surface area (Å²) in [4.78, 5) is 12.0. The van der Waals surface area contributed by atoms with Gasteiger partial charge in [-0.15, -0.1) is 0 Å². The number of ether oxygens (including phenoxy) is 1. The predicted molar refractivity (Wildman–Crippen MR) is 73.4 cm³/mol. The van der Waals surface area contributed by atoms with Crippen LogP contribution in [0.25, 0.3) is 0 Å². The highest BCUT2D eigenvalue weighted by Gasteiger charge is 2.22. The van der Waals surface area contributed by atoms with Gasteiger partial charge in [-0.1, -0.05) is 36.8 Å². The van der Waals surface area contributed by atoms with E-state index in [4.69, 9.17) is 4.74 Å². The zero-order valence-corrected chi connectivity index (χ0v) is 11.7. The van der Waals surface area contributed by atoms with E-state index in [1.165, 1.54) is 5.56 Å². The van der Waals surface area contributed by atoms with E-state index in [0.717, 1.165) is 12.0 Å². The van der Waals surface area contributed by atoms with Gasteiger partial charge in [-0.3, -0.25) is 5.32 Å². The van der Waals surface area contributed by atoms with E-state index in [9.17, 15) is 4.79 Å². The van der Waals surface area contributed by atoms with Gasteiger partial charge in [0.05, 0.1) is 6.61 Å². The Kier molecular flexibility index (Phi) is 5.86. The quantitative estimate of drug-likeness (QED) is 0.788. The summed E-state index contributed by atoms with van der Waals surface area (Å²) < 4.78 is 5.13. The molecule has 0 saturated heterocycles. The topological polar surface area (TPSA) is 38.3 Å². The number of rotatable bonds is 6. The molecule has 1 aromatic carbocycles. The second-order valence-electron chi connectivity index (χ2n) is 4.57. The molecule has 1 aromatic rings. The van der Waals surface area contributed by atoms with Crippen molar-refractivity contribution in [2.45, 2.75) is 46.2 Å². The van der Waals surface area contributed by atoms with Crippen LogP contribution in [0.15, 0.2) is 24.3 Å². The molecule has 0 heterocycles. The maximum absolute atomic E-state index is 12.0. The third kappa shape index (κ3) is 4.15. The van der Waals surface area contributed by atoms with Crippen molar-refractivity contribution < 1.29 is 9.53 Å². The molecule has 0 fully saturated rings. The maximum atomic E-state index is 12.0. The van der Waals surface area contributed by atoms with Gasteiger partial charge in [-0.2, -0.15) is 0 Å². The molecular formula is C15H23NO2. The van der Waals surface area contributed by atoms with Crippen molar-refractivity contribution in [1.29, 1.82) is 0 Å². The van der Waals surface area contributed by atoms with Crippen LogP contribution in [0, 0.1) is 6.92 Å². The molecule has 0 aliphatic rings. The molecule has 3 heteroatoms. The highest BCUT2D eigenvalue weighted by Crippen LogP contribution is 2.17. The molecule has 100 valence electrons. The summed E-state index contributed by atoms with van der Waals surface area (Å²) in [5, 5.41) is 3.31. The summed E-state index contributed by atoms with van der Waals surface area (Å²) in [5.74, 6) is -0.207. The number of carbonyl (C=O) groups excluding carboxylic acids is 1. The molecule has 0 aromatic heterocycles. The number of hydrogen-bond donors (Lipinski definition) is 1. The summed E-state index contributed by atoms with van der Waals surface area (Å²) >= 11 is 0. The van der Waals surface area contributed by atoms with E-state index in [-0.39, 0.29) is 18.1 Å². The lowest BCUT2D eigenvalue weighted by Gasteiger charge is -2.21. The van der Waals surface area contributed by atoms with Crippen LogP contribution in [0.5, 0.6) is 0 Å².